The molecule has 0 aromatic heterocycles. The lowest BCUT2D eigenvalue weighted by Crippen LogP contribution is -2.66. The zero-order valence-corrected chi connectivity index (χ0v) is 57.2. The molecule has 3 aliphatic rings. The lowest BCUT2D eigenvalue weighted by Gasteiger charge is -2.48. The number of hydrogen-bond donors (Lipinski definition) is 12. The van der Waals surface area contributed by atoms with Gasteiger partial charge in [0.2, 0.25) is 5.91 Å². The average Bonchev–Trinajstić information content (AvgIpc) is 0.805. The van der Waals surface area contributed by atoms with Gasteiger partial charge in [0.25, 0.3) is 0 Å². The number of allylic oxidation sites excluding steroid dienone is 11. The first kappa shape index (κ1) is 84.5. The molecule has 1 amide bonds. The summed E-state index contributed by atoms with van der Waals surface area (Å²) >= 11 is 0. The van der Waals surface area contributed by atoms with Crippen LogP contribution in [0.25, 0.3) is 0 Å². The number of unbranched alkanes of at least 4 members (excludes halogenated alkanes) is 30. The monoisotopic (exact) mass is 1320 g/mol. The van der Waals surface area contributed by atoms with E-state index in [1.54, 1.807) is 6.08 Å². The van der Waals surface area contributed by atoms with Gasteiger partial charge in [0.1, 0.15) is 73.2 Å². The topological polar surface area (TPSA) is 307 Å². The van der Waals surface area contributed by atoms with Crippen LogP contribution in [0.2, 0.25) is 0 Å². The van der Waals surface area contributed by atoms with Crippen LogP contribution in [0.4, 0.5) is 0 Å². The summed E-state index contributed by atoms with van der Waals surface area (Å²) in [6, 6.07) is -0.972. The first-order chi connectivity index (χ1) is 45.3. The predicted molar refractivity (Wildman–Crippen MR) is 365 cm³/mol. The van der Waals surface area contributed by atoms with E-state index in [1.165, 1.54) is 154 Å². The molecular weight excluding hydrogens is 1190 g/mol. The van der Waals surface area contributed by atoms with E-state index in [-0.39, 0.29) is 18.9 Å². The SMILES string of the molecule is CC/C=C\C/C=C\C/C=C\C/C=C\C/C=C\CCCCCCCCCCCCCCCCCCCCCCCC(=O)NC(COC1OC(CO)C(OC2OC(CO)C(OC3OC(CO)C(O)C(O)C3O)C(O)C2O)C(O)C1O)C(O)/C=C/CCCCCCCCCCC. The Kier molecular flexibility index (Phi) is 50.1. The molecule has 3 fully saturated rings. The van der Waals surface area contributed by atoms with Gasteiger partial charge in [-0.2, -0.15) is 0 Å². The van der Waals surface area contributed by atoms with Gasteiger partial charge in [0, 0.05) is 6.42 Å². The van der Waals surface area contributed by atoms with Crippen molar-refractivity contribution in [1.29, 1.82) is 0 Å². The third-order valence-electron chi connectivity index (χ3n) is 18.0. The number of aliphatic hydroxyl groups is 11. The first-order valence-electron chi connectivity index (χ1n) is 36.7. The smallest absolute Gasteiger partial charge is 0.220 e. The Morgan fingerprint density at radius 1 is 0.398 bits per heavy atom. The van der Waals surface area contributed by atoms with Crippen molar-refractivity contribution in [2.24, 2.45) is 0 Å². The molecule has 19 heteroatoms. The van der Waals surface area contributed by atoms with E-state index in [1.807, 2.05) is 6.08 Å². The standard InChI is InChI=1S/C74H131NO18/c1-3-5-7-9-11-13-15-16-17-18-19-20-21-22-23-24-25-26-27-28-29-30-31-32-33-34-35-36-37-38-39-40-42-44-46-48-50-52-62(80)75-57(58(79)51-49-47-45-43-41-14-12-10-8-6-4-2)56-88-72-68(86)65(83)70(60(54-77)90-72)93-74-69(87)66(84)71(61(55-78)91-74)92-73-67(85)64(82)63(81)59(53-76)89-73/h5,7,11,13,16-17,19-20,22-23,49,51,57-61,63-74,76-79,81-87H,3-4,6,8-10,12,14-15,18,21,24-48,50,52-56H2,1-2H3,(H,75,80)/b7-5-,13-11-,17-16-,20-19-,23-22-,51-49+. The number of hydrogen-bond acceptors (Lipinski definition) is 18. The summed E-state index contributed by atoms with van der Waals surface area (Å²) < 4.78 is 34.3. The van der Waals surface area contributed by atoms with E-state index in [0.29, 0.717) is 6.42 Å². The second-order valence-electron chi connectivity index (χ2n) is 26.0. The summed E-state index contributed by atoms with van der Waals surface area (Å²) in [6.07, 6.45) is 43.5. The Morgan fingerprint density at radius 2 is 0.742 bits per heavy atom. The van der Waals surface area contributed by atoms with E-state index < -0.39 is 124 Å². The second kappa shape index (κ2) is 55.1. The minimum atomic E-state index is -1.98. The summed E-state index contributed by atoms with van der Waals surface area (Å²) in [5.41, 5.74) is 0. The molecule has 0 aromatic carbocycles. The number of nitrogens with one attached hydrogen (secondary N) is 1. The molecule has 0 saturated carbocycles. The predicted octanol–water partition coefficient (Wildman–Crippen LogP) is 10.5. The van der Waals surface area contributed by atoms with Crippen LogP contribution in [0.3, 0.4) is 0 Å². The van der Waals surface area contributed by atoms with Crippen LogP contribution in [-0.2, 0) is 33.2 Å². The average molecular weight is 1320 g/mol. The van der Waals surface area contributed by atoms with Crippen LogP contribution in [0, 0.1) is 0 Å². The molecule has 540 valence electrons. The van der Waals surface area contributed by atoms with Crippen molar-refractivity contribution in [3.8, 4) is 0 Å². The second-order valence-corrected chi connectivity index (χ2v) is 26.0. The summed E-state index contributed by atoms with van der Waals surface area (Å²) in [5.74, 6) is -0.275. The summed E-state index contributed by atoms with van der Waals surface area (Å²) in [6.45, 7) is 1.60. The highest BCUT2D eigenvalue weighted by Crippen LogP contribution is 2.33. The van der Waals surface area contributed by atoms with Crippen molar-refractivity contribution in [3.63, 3.8) is 0 Å². The minimum Gasteiger partial charge on any atom is -0.394 e. The van der Waals surface area contributed by atoms with Crippen LogP contribution in [0.5, 0.6) is 0 Å². The maximum absolute atomic E-state index is 13.4. The third-order valence-corrected chi connectivity index (χ3v) is 18.0. The van der Waals surface area contributed by atoms with Crippen molar-refractivity contribution in [1.82, 2.24) is 5.32 Å². The lowest BCUT2D eigenvalue weighted by atomic mass is 9.96. The van der Waals surface area contributed by atoms with Crippen LogP contribution >= 0.6 is 0 Å². The number of carbonyl (C=O) groups is 1. The van der Waals surface area contributed by atoms with Crippen LogP contribution in [-0.4, -0.2) is 193 Å². The molecule has 0 spiro atoms. The molecular formula is C74H131NO18. The molecule has 0 aliphatic carbocycles. The van der Waals surface area contributed by atoms with Crippen molar-refractivity contribution >= 4 is 5.91 Å². The molecule has 3 aliphatic heterocycles. The summed E-state index contributed by atoms with van der Waals surface area (Å²) in [7, 11) is 0. The van der Waals surface area contributed by atoms with Gasteiger partial charge in [-0.25, -0.2) is 0 Å². The summed E-state index contributed by atoms with van der Waals surface area (Å²) in [4.78, 5) is 13.4. The van der Waals surface area contributed by atoms with Crippen molar-refractivity contribution in [2.45, 2.75) is 362 Å². The quantitative estimate of drug-likeness (QED) is 0.0199. The van der Waals surface area contributed by atoms with E-state index in [2.05, 4.69) is 79.9 Å². The highest BCUT2D eigenvalue weighted by Gasteiger charge is 2.53. The van der Waals surface area contributed by atoms with Gasteiger partial charge >= 0.3 is 0 Å². The van der Waals surface area contributed by atoms with E-state index >= 15 is 0 Å². The number of rotatable bonds is 56. The van der Waals surface area contributed by atoms with Crippen molar-refractivity contribution < 1.29 is 89.4 Å². The van der Waals surface area contributed by atoms with Crippen molar-refractivity contribution in [3.05, 3.63) is 72.9 Å². The third kappa shape index (κ3) is 36.6. The summed E-state index contributed by atoms with van der Waals surface area (Å²) in [5, 5.41) is 120. The Labute approximate surface area is 559 Å². The normalized spacial score (nSPS) is 27.9. The molecule has 17 unspecified atom stereocenters. The molecule has 12 N–H and O–H groups in total. The number of amides is 1. The zero-order chi connectivity index (χ0) is 67.5. The Bertz CT molecular complexity index is 1970. The zero-order valence-electron chi connectivity index (χ0n) is 57.2. The highest BCUT2D eigenvalue weighted by molar-refractivity contribution is 5.76. The fourth-order valence-electron chi connectivity index (χ4n) is 12.1. The highest BCUT2D eigenvalue weighted by atomic mass is 16.8. The molecule has 3 heterocycles. The van der Waals surface area contributed by atoms with Crippen LogP contribution in [0.15, 0.2) is 72.9 Å². The largest absolute Gasteiger partial charge is 0.394 e. The Hall–Kier alpha value is -2.77. The molecule has 93 heavy (non-hydrogen) atoms. The number of carbonyl (C=O) groups excluding carboxylic acids is 1. The van der Waals surface area contributed by atoms with E-state index in [4.69, 9.17) is 28.4 Å². The Balaban J connectivity index is 1.30. The van der Waals surface area contributed by atoms with Gasteiger partial charge in [-0.1, -0.05) is 260 Å². The number of ether oxygens (including phenoxy) is 6. The van der Waals surface area contributed by atoms with Crippen LogP contribution < -0.4 is 5.32 Å². The minimum absolute atomic E-state index is 0.244. The van der Waals surface area contributed by atoms with Gasteiger partial charge in [0.15, 0.2) is 18.9 Å². The molecule has 3 saturated heterocycles. The molecule has 0 aromatic rings. The fourth-order valence-corrected chi connectivity index (χ4v) is 12.1. The maximum atomic E-state index is 13.4. The maximum Gasteiger partial charge on any atom is 0.220 e. The van der Waals surface area contributed by atoms with Gasteiger partial charge in [0.05, 0.1) is 38.6 Å². The van der Waals surface area contributed by atoms with E-state index in [0.717, 1.165) is 77.0 Å². The molecule has 0 bridgehead atoms. The molecule has 3 rings (SSSR count). The van der Waals surface area contributed by atoms with Gasteiger partial charge < -0.3 is 89.9 Å². The fraction of sp³-hybridized carbons (Fsp3) is 0.824. The van der Waals surface area contributed by atoms with Crippen molar-refractivity contribution in [2.75, 3.05) is 26.4 Å². The van der Waals surface area contributed by atoms with E-state index in [9.17, 15) is 61.0 Å². The molecule has 19 nitrogen and oxygen atoms in total. The van der Waals surface area contributed by atoms with Gasteiger partial charge in [-0.05, 0) is 64.2 Å². The first-order valence-corrected chi connectivity index (χ1v) is 36.7. The molecule has 17 atom stereocenters. The number of aliphatic hydroxyl groups excluding tert-OH is 11. The van der Waals surface area contributed by atoms with Crippen LogP contribution in [0.1, 0.15) is 258 Å². The lowest BCUT2D eigenvalue weighted by molar-refractivity contribution is -0.379. The van der Waals surface area contributed by atoms with Gasteiger partial charge in [-0.15, -0.1) is 0 Å². The van der Waals surface area contributed by atoms with Gasteiger partial charge in [-0.3, -0.25) is 4.79 Å². The Morgan fingerprint density at radius 3 is 1.16 bits per heavy atom. The molecule has 0 radical (unpaired) electrons.